The van der Waals surface area contributed by atoms with E-state index in [0.29, 0.717) is 32.1 Å². The third-order valence-corrected chi connectivity index (χ3v) is 5.50. The van der Waals surface area contributed by atoms with Crippen LogP contribution in [0, 0.1) is 0 Å². The molecule has 0 saturated carbocycles. The molecule has 26 heavy (non-hydrogen) atoms. The summed E-state index contributed by atoms with van der Waals surface area (Å²) in [5.41, 5.74) is 0. The lowest BCUT2D eigenvalue weighted by atomic mass is 10.3. The van der Waals surface area contributed by atoms with Crippen molar-refractivity contribution in [1.82, 2.24) is 9.62 Å². The van der Waals surface area contributed by atoms with Gasteiger partial charge in [0.25, 0.3) is 5.91 Å². The van der Waals surface area contributed by atoms with Gasteiger partial charge in [0.15, 0.2) is 6.10 Å². The first kappa shape index (κ1) is 20.6. The summed E-state index contributed by atoms with van der Waals surface area (Å²) in [4.78, 5) is 14.2. The molecule has 1 aliphatic rings. The van der Waals surface area contributed by atoms with E-state index in [1.54, 1.807) is 30.9 Å². The van der Waals surface area contributed by atoms with Crippen molar-refractivity contribution in [3.8, 4) is 5.75 Å². The van der Waals surface area contributed by atoms with Crippen molar-refractivity contribution < 1.29 is 27.4 Å². The molecule has 2 atom stereocenters. The van der Waals surface area contributed by atoms with Gasteiger partial charge in [-0.1, -0.05) is 0 Å². The fraction of sp³-hybridized carbons (Fsp3) is 0.588. The second-order valence-electron chi connectivity index (χ2n) is 6.15. The Labute approximate surface area is 154 Å². The number of carbonyl (C=O) groups is 1. The Morgan fingerprint density at radius 1 is 1.23 bits per heavy atom. The van der Waals surface area contributed by atoms with Crippen LogP contribution >= 0.6 is 0 Å². The number of morpholine rings is 1. The van der Waals surface area contributed by atoms with Gasteiger partial charge in [0.2, 0.25) is 10.0 Å². The summed E-state index contributed by atoms with van der Waals surface area (Å²) in [5, 5.41) is 0. The molecule has 1 aromatic rings. The highest BCUT2D eigenvalue weighted by Crippen LogP contribution is 2.18. The van der Waals surface area contributed by atoms with E-state index < -0.39 is 16.1 Å². The molecule has 0 radical (unpaired) electrons. The Morgan fingerprint density at radius 3 is 2.42 bits per heavy atom. The average molecular weight is 386 g/mol. The van der Waals surface area contributed by atoms with E-state index in [-0.39, 0.29) is 23.5 Å². The second kappa shape index (κ2) is 9.31. The summed E-state index contributed by atoms with van der Waals surface area (Å²) < 4.78 is 42.9. The number of sulfonamides is 1. The number of ether oxygens (including phenoxy) is 3. The van der Waals surface area contributed by atoms with Gasteiger partial charge < -0.3 is 19.1 Å². The number of nitrogens with one attached hydrogen (secondary N) is 1. The summed E-state index contributed by atoms with van der Waals surface area (Å²) >= 11 is 0. The monoisotopic (exact) mass is 386 g/mol. The van der Waals surface area contributed by atoms with E-state index in [0.717, 1.165) is 0 Å². The molecule has 1 amide bonds. The Bertz CT molecular complexity index is 686. The van der Waals surface area contributed by atoms with Crippen LogP contribution in [0.3, 0.4) is 0 Å². The zero-order chi connectivity index (χ0) is 19.2. The van der Waals surface area contributed by atoms with Crippen LogP contribution in [0.1, 0.15) is 13.8 Å². The van der Waals surface area contributed by atoms with Gasteiger partial charge in [0, 0.05) is 26.2 Å². The highest BCUT2D eigenvalue weighted by Gasteiger charge is 2.24. The first-order valence-electron chi connectivity index (χ1n) is 8.48. The average Bonchev–Trinajstić information content (AvgIpc) is 2.62. The summed E-state index contributed by atoms with van der Waals surface area (Å²) in [7, 11) is -2.12. The van der Waals surface area contributed by atoms with Crippen LogP contribution in [-0.2, 0) is 24.3 Å². The van der Waals surface area contributed by atoms with E-state index in [1.165, 1.54) is 19.2 Å². The fourth-order valence-corrected chi connectivity index (χ4v) is 3.84. The predicted molar refractivity (Wildman–Crippen MR) is 95.6 cm³/mol. The van der Waals surface area contributed by atoms with E-state index in [2.05, 4.69) is 4.72 Å². The number of amides is 1. The Hall–Kier alpha value is -1.68. The van der Waals surface area contributed by atoms with Crippen molar-refractivity contribution in [3.63, 3.8) is 0 Å². The minimum Gasteiger partial charge on any atom is -0.481 e. The van der Waals surface area contributed by atoms with Crippen molar-refractivity contribution in [2.45, 2.75) is 30.9 Å². The molecule has 1 fully saturated rings. The molecule has 9 heteroatoms. The lowest BCUT2D eigenvalue weighted by Crippen LogP contribution is -2.46. The third-order valence-electron chi connectivity index (χ3n) is 3.89. The van der Waals surface area contributed by atoms with Crippen LogP contribution in [-0.4, -0.2) is 71.4 Å². The third kappa shape index (κ3) is 5.66. The van der Waals surface area contributed by atoms with Gasteiger partial charge >= 0.3 is 0 Å². The summed E-state index contributed by atoms with van der Waals surface area (Å²) in [6.07, 6.45) is -0.657. The van der Waals surface area contributed by atoms with Crippen molar-refractivity contribution >= 4 is 15.9 Å². The number of benzene rings is 1. The molecule has 0 aromatic heterocycles. The maximum Gasteiger partial charge on any atom is 0.263 e. The number of methoxy groups -OCH3 is 1. The van der Waals surface area contributed by atoms with Crippen LogP contribution < -0.4 is 9.46 Å². The smallest absolute Gasteiger partial charge is 0.263 e. The van der Waals surface area contributed by atoms with E-state index in [9.17, 15) is 13.2 Å². The molecule has 146 valence electrons. The molecule has 0 spiro atoms. The van der Waals surface area contributed by atoms with E-state index in [4.69, 9.17) is 14.2 Å². The molecule has 1 heterocycles. The highest BCUT2D eigenvalue weighted by atomic mass is 32.2. The zero-order valence-corrected chi connectivity index (χ0v) is 16.1. The van der Waals surface area contributed by atoms with E-state index >= 15 is 0 Å². The minimum atomic E-state index is -3.64. The van der Waals surface area contributed by atoms with Crippen LogP contribution in [0.5, 0.6) is 5.75 Å². The number of carbonyl (C=O) groups excluding carboxylic acids is 1. The molecule has 0 aliphatic carbocycles. The predicted octanol–water partition coefficient (Wildman–Crippen LogP) is 0.626. The SMILES string of the molecule is COC[C@@H](C)NS(=O)(=O)c1ccc(O[C@H](C)C(=O)N2CCOCC2)cc1. The van der Waals surface area contributed by atoms with Crippen molar-refractivity contribution in [1.29, 1.82) is 0 Å². The van der Waals surface area contributed by atoms with Crippen LogP contribution in [0.2, 0.25) is 0 Å². The van der Waals surface area contributed by atoms with Gasteiger partial charge in [-0.3, -0.25) is 4.79 Å². The lowest BCUT2D eigenvalue weighted by molar-refractivity contribution is -0.142. The van der Waals surface area contributed by atoms with Gasteiger partial charge in [-0.2, -0.15) is 0 Å². The molecule has 1 aromatic carbocycles. The molecule has 2 rings (SSSR count). The number of hydrogen-bond donors (Lipinski definition) is 1. The highest BCUT2D eigenvalue weighted by molar-refractivity contribution is 7.89. The number of hydrogen-bond acceptors (Lipinski definition) is 6. The van der Waals surface area contributed by atoms with Crippen molar-refractivity contribution in [2.24, 2.45) is 0 Å². The maximum absolute atomic E-state index is 12.3. The molecule has 1 saturated heterocycles. The molecular weight excluding hydrogens is 360 g/mol. The van der Waals surface area contributed by atoms with Gasteiger partial charge in [-0.05, 0) is 38.1 Å². The summed E-state index contributed by atoms with van der Waals surface area (Å²) in [5.74, 6) is 0.322. The van der Waals surface area contributed by atoms with Gasteiger partial charge in [0.1, 0.15) is 5.75 Å². The Balaban J connectivity index is 1.97. The first-order valence-corrected chi connectivity index (χ1v) is 9.96. The molecular formula is C17H26N2O6S. The second-order valence-corrected chi connectivity index (χ2v) is 7.86. The summed E-state index contributed by atoms with van der Waals surface area (Å²) in [6, 6.07) is 5.64. The molecule has 1 aliphatic heterocycles. The standard InChI is InChI=1S/C17H26N2O6S/c1-13(12-23-3)18-26(21,22)16-6-4-15(5-7-16)25-14(2)17(20)19-8-10-24-11-9-19/h4-7,13-14,18H,8-12H2,1-3H3/t13-,14-/m1/s1. The Kier molecular flexibility index (Phi) is 7.39. The molecule has 1 N–H and O–H groups in total. The van der Waals surface area contributed by atoms with Crippen molar-refractivity contribution in [2.75, 3.05) is 40.0 Å². The van der Waals surface area contributed by atoms with Crippen molar-refractivity contribution in [3.05, 3.63) is 24.3 Å². The van der Waals surface area contributed by atoms with Gasteiger partial charge in [0.05, 0.1) is 24.7 Å². The number of nitrogens with zero attached hydrogens (tertiary/aromatic N) is 1. The van der Waals surface area contributed by atoms with E-state index in [1.807, 2.05) is 0 Å². The maximum atomic E-state index is 12.3. The largest absolute Gasteiger partial charge is 0.481 e. The van der Waals surface area contributed by atoms with Gasteiger partial charge in [-0.15, -0.1) is 0 Å². The number of rotatable bonds is 8. The summed E-state index contributed by atoms with van der Waals surface area (Å²) in [6.45, 7) is 5.83. The molecule has 0 unspecified atom stereocenters. The Morgan fingerprint density at radius 2 is 1.85 bits per heavy atom. The lowest BCUT2D eigenvalue weighted by Gasteiger charge is -2.29. The first-order chi connectivity index (χ1) is 12.3. The minimum absolute atomic E-state index is 0.111. The van der Waals surface area contributed by atoms with Crippen LogP contribution in [0.4, 0.5) is 0 Å². The van der Waals surface area contributed by atoms with Gasteiger partial charge in [-0.25, -0.2) is 13.1 Å². The topological polar surface area (TPSA) is 94.2 Å². The quantitative estimate of drug-likeness (QED) is 0.704. The fourth-order valence-electron chi connectivity index (χ4n) is 2.61. The molecule has 0 bridgehead atoms. The van der Waals surface area contributed by atoms with Crippen LogP contribution in [0.25, 0.3) is 0 Å². The zero-order valence-electron chi connectivity index (χ0n) is 15.3. The van der Waals surface area contributed by atoms with Crippen LogP contribution in [0.15, 0.2) is 29.2 Å². The normalized spacial score (nSPS) is 17.6. The molecule has 8 nitrogen and oxygen atoms in total.